The predicted molar refractivity (Wildman–Crippen MR) is 98.7 cm³/mol. The Balaban J connectivity index is 2.61. The van der Waals surface area contributed by atoms with Crippen LogP contribution in [0.5, 0.6) is 5.75 Å². The third-order valence-corrected chi connectivity index (χ3v) is 4.87. The van der Waals surface area contributed by atoms with E-state index >= 15 is 0 Å². The van der Waals surface area contributed by atoms with E-state index in [4.69, 9.17) is 0 Å². The summed E-state index contributed by atoms with van der Waals surface area (Å²) in [6, 6.07) is 2.62. The molecular formula is C20H32F2N2O. The molecule has 1 saturated heterocycles. The van der Waals surface area contributed by atoms with Gasteiger partial charge in [-0.3, -0.25) is 4.90 Å². The first kappa shape index (κ1) is 20.1. The van der Waals surface area contributed by atoms with Crippen molar-refractivity contribution in [1.82, 2.24) is 10.2 Å². The Bertz CT molecular complexity index is 562. The molecule has 1 fully saturated rings. The van der Waals surface area contributed by atoms with Gasteiger partial charge in [0.25, 0.3) is 6.43 Å². The van der Waals surface area contributed by atoms with Crippen molar-refractivity contribution in [3.63, 3.8) is 0 Å². The molecule has 1 aliphatic heterocycles. The fraction of sp³-hybridized carbons (Fsp3) is 0.700. The topological polar surface area (TPSA) is 35.5 Å². The number of halogens is 2. The van der Waals surface area contributed by atoms with Crippen LogP contribution >= 0.6 is 0 Å². The summed E-state index contributed by atoms with van der Waals surface area (Å²) >= 11 is 0. The summed E-state index contributed by atoms with van der Waals surface area (Å²) in [7, 11) is 0. The van der Waals surface area contributed by atoms with E-state index in [1.165, 1.54) is 0 Å². The number of hydrogen-bond acceptors (Lipinski definition) is 3. The Morgan fingerprint density at radius 1 is 0.960 bits per heavy atom. The molecule has 142 valence electrons. The molecule has 25 heavy (non-hydrogen) atoms. The minimum absolute atomic E-state index is 0.233. The molecule has 0 spiro atoms. The third-order valence-electron chi connectivity index (χ3n) is 4.87. The minimum atomic E-state index is -2.47. The molecule has 2 rings (SSSR count). The monoisotopic (exact) mass is 354 g/mol. The summed E-state index contributed by atoms with van der Waals surface area (Å²) in [5.41, 5.74) is 1.42. The van der Waals surface area contributed by atoms with Crippen molar-refractivity contribution in [3.05, 3.63) is 28.8 Å². The summed E-state index contributed by atoms with van der Waals surface area (Å²) in [5.74, 6) is 0.233. The van der Waals surface area contributed by atoms with Crippen molar-refractivity contribution in [3.8, 4) is 5.75 Å². The Kier molecular flexibility index (Phi) is 5.79. The Labute approximate surface area is 150 Å². The molecule has 1 aromatic rings. The quantitative estimate of drug-likeness (QED) is 0.854. The number of piperazine rings is 1. The number of hydrogen-bond donors (Lipinski definition) is 2. The normalized spacial score (nSPS) is 18.6. The van der Waals surface area contributed by atoms with Crippen LogP contribution in [-0.2, 0) is 10.8 Å². The fourth-order valence-electron chi connectivity index (χ4n) is 3.45. The van der Waals surface area contributed by atoms with Gasteiger partial charge in [0.05, 0.1) is 6.04 Å². The summed E-state index contributed by atoms with van der Waals surface area (Å²) in [6.45, 7) is 14.7. The zero-order valence-electron chi connectivity index (χ0n) is 16.3. The molecule has 1 heterocycles. The van der Waals surface area contributed by atoms with Crippen LogP contribution < -0.4 is 5.32 Å². The lowest BCUT2D eigenvalue weighted by Gasteiger charge is -2.36. The molecule has 1 aromatic carbocycles. The molecular weight excluding hydrogens is 322 g/mol. The van der Waals surface area contributed by atoms with Crippen LogP contribution in [0.1, 0.15) is 64.3 Å². The van der Waals surface area contributed by atoms with Gasteiger partial charge in [-0.15, -0.1) is 0 Å². The Hall–Kier alpha value is -1.20. The average Bonchev–Trinajstić information content (AvgIpc) is 2.47. The first-order valence-corrected chi connectivity index (χ1v) is 9.03. The van der Waals surface area contributed by atoms with Crippen LogP contribution in [0.3, 0.4) is 0 Å². The zero-order valence-corrected chi connectivity index (χ0v) is 16.3. The molecule has 1 aliphatic rings. The van der Waals surface area contributed by atoms with Gasteiger partial charge in [0.15, 0.2) is 0 Å². The van der Waals surface area contributed by atoms with E-state index < -0.39 is 12.5 Å². The number of aromatic hydroxyl groups is 1. The SMILES string of the molecule is CC(C)(C)c1cc([C@@H](C(F)F)N2CCNCC2)cc(C(C)(C)C)c1O. The van der Waals surface area contributed by atoms with Crippen molar-refractivity contribution in [1.29, 1.82) is 0 Å². The standard InChI is InChI=1S/C20H32F2N2O/c1-19(2,3)14-11-13(12-15(17(14)25)20(4,5)6)16(18(21)22)24-9-7-23-8-10-24/h11-12,16,18,23,25H,7-10H2,1-6H3/t16-/m0/s1. The largest absolute Gasteiger partial charge is 0.507 e. The van der Waals surface area contributed by atoms with E-state index in [1.54, 1.807) is 12.1 Å². The van der Waals surface area contributed by atoms with Crippen molar-refractivity contribution >= 4 is 0 Å². The van der Waals surface area contributed by atoms with Gasteiger partial charge in [0, 0.05) is 26.2 Å². The molecule has 0 aliphatic carbocycles. The van der Waals surface area contributed by atoms with E-state index in [1.807, 2.05) is 46.4 Å². The average molecular weight is 354 g/mol. The molecule has 1 atom stereocenters. The highest BCUT2D eigenvalue weighted by atomic mass is 19.3. The van der Waals surface area contributed by atoms with Crippen LogP contribution in [0, 0.1) is 0 Å². The summed E-state index contributed by atoms with van der Waals surface area (Å²) in [4.78, 5) is 1.85. The predicted octanol–water partition coefficient (Wildman–Crippen LogP) is 4.20. The molecule has 0 bridgehead atoms. The van der Waals surface area contributed by atoms with Crippen molar-refractivity contribution in [2.24, 2.45) is 0 Å². The third kappa shape index (κ3) is 4.50. The molecule has 0 amide bonds. The number of alkyl halides is 2. The Morgan fingerprint density at radius 3 is 1.76 bits per heavy atom. The van der Waals surface area contributed by atoms with Gasteiger partial charge in [-0.25, -0.2) is 8.78 Å². The van der Waals surface area contributed by atoms with Gasteiger partial charge >= 0.3 is 0 Å². The van der Waals surface area contributed by atoms with Crippen LogP contribution in [0.4, 0.5) is 8.78 Å². The second-order valence-corrected chi connectivity index (χ2v) is 9.03. The summed E-state index contributed by atoms with van der Waals surface area (Å²) in [6.07, 6.45) is -2.47. The Morgan fingerprint density at radius 2 is 1.40 bits per heavy atom. The van der Waals surface area contributed by atoms with Crippen molar-refractivity contribution < 1.29 is 13.9 Å². The highest BCUT2D eigenvalue weighted by Crippen LogP contribution is 2.42. The molecule has 0 aromatic heterocycles. The maximum Gasteiger partial charge on any atom is 0.258 e. The summed E-state index contributed by atoms with van der Waals surface area (Å²) < 4.78 is 28.0. The molecule has 0 unspecified atom stereocenters. The lowest BCUT2D eigenvalue weighted by Crippen LogP contribution is -2.47. The van der Waals surface area contributed by atoms with Gasteiger partial charge < -0.3 is 10.4 Å². The number of phenolic OH excluding ortho intramolecular Hbond substituents is 1. The van der Waals surface area contributed by atoms with Crippen LogP contribution in [0.2, 0.25) is 0 Å². The van der Waals surface area contributed by atoms with Crippen molar-refractivity contribution in [2.45, 2.75) is 64.8 Å². The highest BCUT2D eigenvalue weighted by molar-refractivity contribution is 5.50. The number of phenols is 1. The second kappa shape index (κ2) is 7.20. The van der Waals surface area contributed by atoms with Gasteiger partial charge in [-0.05, 0) is 39.7 Å². The van der Waals surface area contributed by atoms with Gasteiger partial charge in [0.2, 0.25) is 0 Å². The van der Waals surface area contributed by atoms with Gasteiger partial charge in [-0.2, -0.15) is 0 Å². The molecule has 0 radical (unpaired) electrons. The van der Waals surface area contributed by atoms with E-state index in [0.717, 1.165) is 24.2 Å². The first-order chi connectivity index (χ1) is 11.4. The minimum Gasteiger partial charge on any atom is -0.507 e. The van der Waals surface area contributed by atoms with Crippen LogP contribution in [0.25, 0.3) is 0 Å². The molecule has 5 heteroatoms. The number of rotatable bonds is 3. The van der Waals surface area contributed by atoms with Crippen molar-refractivity contribution in [2.75, 3.05) is 26.2 Å². The zero-order chi connectivity index (χ0) is 19.0. The number of nitrogens with zero attached hydrogens (tertiary/aromatic N) is 1. The van der Waals surface area contributed by atoms with Crippen LogP contribution in [0.15, 0.2) is 12.1 Å². The maximum absolute atomic E-state index is 14.0. The first-order valence-electron chi connectivity index (χ1n) is 9.03. The van der Waals surface area contributed by atoms with E-state index in [2.05, 4.69) is 5.32 Å². The van der Waals surface area contributed by atoms with Gasteiger partial charge in [-0.1, -0.05) is 41.5 Å². The lowest BCUT2D eigenvalue weighted by atomic mass is 9.77. The fourth-order valence-corrected chi connectivity index (χ4v) is 3.45. The van der Waals surface area contributed by atoms with Gasteiger partial charge in [0.1, 0.15) is 5.75 Å². The summed E-state index contributed by atoms with van der Waals surface area (Å²) in [5, 5.41) is 14.0. The molecule has 0 saturated carbocycles. The van der Waals surface area contributed by atoms with E-state index in [-0.39, 0.29) is 16.6 Å². The highest BCUT2D eigenvalue weighted by Gasteiger charge is 2.34. The molecule has 3 nitrogen and oxygen atoms in total. The van der Waals surface area contributed by atoms with E-state index in [0.29, 0.717) is 18.7 Å². The second-order valence-electron chi connectivity index (χ2n) is 9.03. The lowest BCUT2D eigenvalue weighted by molar-refractivity contribution is 0.0180. The van der Waals surface area contributed by atoms with E-state index in [9.17, 15) is 13.9 Å². The number of nitrogens with one attached hydrogen (secondary N) is 1. The molecule has 2 N–H and O–H groups in total. The maximum atomic E-state index is 14.0. The van der Waals surface area contributed by atoms with Crippen LogP contribution in [-0.4, -0.2) is 42.6 Å². The number of benzene rings is 1. The smallest absolute Gasteiger partial charge is 0.258 e.